The number of carbonyl (C=O) groups is 1. The van der Waals surface area contributed by atoms with Crippen molar-refractivity contribution in [3.05, 3.63) is 53.7 Å². The molecule has 0 aliphatic carbocycles. The summed E-state index contributed by atoms with van der Waals surface area (Å²) in [6, 6.07) is 12.2. The van der Waals surface area contributed by atoms with Crippen molar-refractivity contribution in [1.29, 1.82) is 0 Å². The first-order chi connectivity index (χ1) is 13.1. The van der Waals surface area contributed by atoms with Gasteiger partial charge in [0.1, 0.15) is 5.69 Å². The highest BCUT2D eigenvalue weighted by molar-refractivity contribution is 6.04. The van der Waals surface area contributed by atoms with Gasteiger partial charge in [-0.25, -0.2) is 4.98 Å². The van der Waals surface area contributed by atoms with E-state index in [2.05, 4.69) is 21.3 Å². The van der Waals surface area contributed by atoms with Crippen LogP contribution in [0.25, 0.3) is 0 Å². The molecule has 2 N–H and O–H groups in total. The summed E-state index contributed by atoms with van der Waals surface area (Å²) in [5.41, 5.74) is 2.29. The molecule has 2 saturated heterocycles. The zero-order chi connectivity index (χ0) is 18.8. The third-order valence-corrected chi connectivity index (χ3v) is 5.63. The zero-order valence-corrected chi connectivity index (χ0v) is 15.5. The highest BCUT2D eigenvalue weighted by Gasteiger charge is 2.39. The van der Waals surface area contributed by atoms with Crippen LogP contribution in [0.4, 0.5) is 5.69 Å². The highest BCUT2D eigenvalue weighted by atomic mass is 16.5. The Bertz CT molecular complexity index is 812. The Labute approximate surface area is 159 Å². The molecule has 3 atom stereocenters. The highest BCUT2D eigenvalue weighted by Crippen LogP contribution is 2.36. The number of nitrogens with zero attached hydrogens (tertiary/aromatic N) is 2. The number of fused-ring (bicyclic) bond motifs is 2. The number of rotatable bonds is 5. The van der Waals surface area contributed by atoms with E-state index < -0.39 is 0 Å². The predicted octanol–water partition coefficient (Wildman–Crippen LogP) is 2.83. The van der Waals surface area contributed by atoms with Gasteiger partial charge in [-0.1, -0.05) is 12.1 Å². The molecule has 2 aliphatic rings. The number of ether oxygens (including phenoxy) is 1. The summed E-state index contributed by atoms with van der Waals surface area (Å²) >= 11 is 0. The molecule has 27 heavy (non-hydrogen) atoms. The topological polar surface area (TPSA) is 74.7 Å². The number of methoxy groups -OCH3 is 1. The van der Waals surface area contributed by atoms with Crippen molar-refractivity contribution in [3.63, 3.8) is 0 Å². The molecular weight excluding hydrogens is 342 g/mol. The molecule has 1 unspecified atom stereocenters. The molecule has 0 radical (unpaired) electrons. The molecule has 2 fully saturated rings. The van der Waals surface area contributed by atoms with Crippen molar-refractivity contribution in [3.8, 4) is 5.88 Å². The van der Waals surface area contributed by atoms with Crippen LogP contribution in [0.15, 0.2) is 42.6 Å². The van der Waals surface area contributed by atoms with Crippen molar-refractivity contribution < 1.29 is 14.6 Å². The van der Waals surface area contributed by atoms with Gasteiger partial charge in [0.15, 0.2) is 0 Å². The lowest BCUT2D eigenvalue weighted by atomic mass is 9.98. The zero-order valence-electron chi connectivity index (χ0n) is 15.5. The molecule has 3 heterocycles. The quantitative estimate of drug-likeness (QED) is 0.850. The van der Waals surface area contributed by atoms with E-state index in [0.29, 0.717) is 29.2 Å². The van der Waals surface area contributed by atoms with Gasteiger partial charge in [0.2, 0.25) is 5.88 Å². The minimum Gasteiger partial charge on any atom is -0.480 e. The monoisotopic (exact) mass is 367 g/mol. The second-order valence-electron chi connectivity index (χ2n) is 7.40. The number of hydrogen-bond acceptors (Lipinski definition) is 5. The van der Waals surface area contributed by atoms with Crippen LogP contribution in [0, 0.1) is 0 Å². The van der Waals surface area contributed by atoms with Gasteiger partial charge in [-0.15, -0.1) is 0 Å². The first-order valence-electron chi connectivity index (χ1n) is 9.47. The number of benzene rings is 1. The van der Waals surface area contributed by atoms with Crippen molar-refractivity contribution in [1.82, 2.24) is 9.88 Å². The second kappa shape index (κ2) is 7.66. The van der Waals surface area contributed by atoms with Gasteiger partial charge in [0.25, 0.3) is 5.91 Å². The van der Waals surface area contributed by atoms with Crippen LogP contribution < -0.4 is 10.1 Å². The SMILES string of the molecule is COc1ncccc1NC(=O)c1cccc(CN2[C@@H]3CC[C@H]2CC(O)C3)c1. The summed E-state index contributed by atoms with van der Waals surface area (Å²) in [7, 11) is 1.53. The van der Waals surface area contributed by atoms with Gasteiger partial charge in [-0.05, 0) is 55.5 Å². The maximum absolute atomic E-state index is 12.7. The van der Waals surface area contributed by atoms with Crippen LogP contribution in [0.1, 0.15) is 41.6 Å². The lowest BCUT2D eigenvalue weighted by Crippen LogP contribution is -2.44. The average Bonchev–Trinajstić information content (AvgIpc) is 2.91. The average molecular weight is 367 g/mol. The fraction of sp³-hybridized carbons (Fsp3) is 0.429. The van der Waals surface area contributed by atoms with Gasteiger partial charge in [0, 0.05) is 30.4 Å². The van der Waals surface area contributed by atoms with Crippen LogP contribution in [0.2, 0.25) is 0 Å². The molecule has 1 aromatic carbocycles. The standard InChI is InChI=1S/C21H25N3O3/c1-27-21-19(6-3-9-22-21)23-20(26)15-5-2-4-14(10-15)13-24-16-7-8-17(24)12-18(25)11-16/h2-6,9-10,16-18,25H,7-8,11-13H2,1H3,(H,23,26)/t16-,17+,18?. The molecule has 4 rings (SSSR count). The summed E-state index contributed by atoms with van der Waals surface area (Å²) in [6.07, 6.45) is 5.49. The number of nitrogens with one attached hydrogen (secondary N) is 1. The van der Waals surface area contributed by atoms with Crippen LogP contribution >= 0.6 is 0 Å². The van der Waals surface area contributed by atoms with Crippen molar-refractivity contribution in [2.24, 2.45) is 0 Å². The van der Waals surface area contributed by atoms with Crippen LogP contribution in [-0.2, 0) is 6.54 Å². The Morgan fingerprint density at radius 3 is 2.78 bits per heavy atom. The molecular formula is C21H25N3O3. The third kappa shape index (κ3) is 3.82. The molecule has 0 spiro atoms. The maximum Gasteiger partial charge on any atom is 0.255 e. The lowest BCUT2D eigenvalue weighted by Gasteiger charge is -2.37. The number of pyridine rings is 1. The molecule has 2 bridgehead atoms. The molecule has 1 amide bonds. The normalized spacial score (nSPS) is 24.6. The van der Waals surface area contributed by atoms with E-state index in [1.165, 1.54) is 7.11 Å². The third-order valence-electron chi connectivity index (χ3n) is 5.63. The van der Waals surface area contributed by atoms with Crippen molar-refractivity contribution in [2.75, 3.05) is 12.4 Å². The summed E-state index contributed by atoms with van der Waals surface area (Å²) in [6.45, 7) is 0.819. The van der Waals surface area contributed by atoms with E-state index in [9.17, 15) is 9.90 Å². The molecule has 1 aromatic heterocycles. The summed E-state index contributed by atoms with van der Waals surface area (Å²) < 4.78 is 5.19. The van der Waals surface area contributed by atoms with Gasteiger partial charge in [-0.2, -0.15) is 0 Å². The Balaban J connectivity index is 1.47. The van der Waals surface area contributed by atoms with Gasteiger partial charge in [0.05, 0.1) is 13.2 Å². The van der Waals surface area contributed by atoms with E-state index in [0.717, 1.165) is 37.8 Å². The van der Waals surface area contributed by atoms with Gasteiger partial charge in [-0.3, -0.25) is 9.69 Å². The number of piperidine rings is 1. The Hall–Kier alpha value is -2.44. The fourth-order valence-electron chi connectivity index (χ4n) is 4.37. The minimum absolute atomic E-state index is 0.162. The summed E-state index contributed by atoms with van der Waals surface area (Å²) in [5, 5.41) is 12.8. The van der Waals surface area contributed by atoms with E-state index in [4.69, 9.17) is 4.74 Å². The number of aliphatic hydroxyl groups is 1. The molecule has 142 valence electrons. The van der Waals surface area contributed by atoms with Crippen LogP contribution in [0.5, 0.6) is 5.88 Å². The van der Waals surface area contributed by atoms with E-state index in [1.54, 1.807) is 18.3 Å². The minimum atomic E-state index is -0.180. The van der Waals surface area contributed by atoms with E-state index in [1.807, 2.05) is 18.2 Å². The molecule has 0 saturated carbocycles. The Morgan fingerprint density at radius 2 is 2.04 bits per heavy atom. The number of anilines is 1. The Morgan fingerprint density at radius 1 is 1.26 bits per heavy atom. The smallest absolute Gasteiger partial charge is 0.255 e. The predicted molar refractivity (Wildman–Crippen MR) is 103 cm³/mol. The number of amides is 1. The van der Waals surface area contributed by atoms with Crippen LogP contribution in [-0.4, -0.2) is 46.2 Å². The van der Waals surface area contributed by atoms with Crippen molar-refractivity contribution >= 4 is 11.6 Å². The number of aromatic nitrogens is 1. The summed E-state index contributed by atoms with van der Waals surface area (Å²) in [4.78, 5) is 19.3. The molecule has 2 aliphatic heterocycles. The molecule has 6 heteroatoms. The largest absolute Gasteiger partial charge is 0.480 e. The fourth-order valence-corrected chi connectivity index (χ4v) is 4.37. The second-order valence-corrected chi connectivity index (χ2v) is 7.40. The molecule has 6 nitrogen and oxygen atoms in total. The van der Waals surface area contributed by atoms with E-state index in [-0.39, 0.29) is 12.0 Å². The van der Waals surface area contributed by atoms with Gasteiger partial charge < -0.3 is 15.2 Å². The van der Waals surface area contributed by atoms with E-state index >= 15 is 0 Å². The number of carbonyl (C=O) groups excluding carboxylic acids is 1. The number of hydrogen-bond donors (Lipinski definition) is 2. The van der Waals surface area contributed by atoms with Crippen molar-refractivity contribution in [2.45, 2.75) is 50.4 Å². The first kappa shape index (κ1) is 17.9. The molecule has 2 aromatic rings. The van der Waals surface area contributed by atoms with Crippen LogP contribution in [0.3, 0.4) is 0 Å². The summed E-state index contributed by atoms with van der Waals surface area (Å²) in [5.74, 6) is 0.214. The van der Waals surface area contributed by atoms with Gasteiger partial charge >= 0.3 is 0 Å². The first-order valence-corrected chi connectivity index (χ1v) is 9.47. The Kier molecular flexibility index (Phi) is 5.09. The lowest BCUT2D eigenvalue weighted by molar-refractivity contribution is 0.0310. The maximum atomic E-state index is 12.7. The number of aliphatic hydroxyl groups excluding tert-OH is 1.